The van der Waals surface area contributed by atoms with Gasteiger partial charge in [-0.1, -0.05) is 6.07 Å². The lowest BCUT2D eigenvalue weighted by atomic mass is 10.1. The van der Waals surface area contributed by atoms with Crippen LogP contribution in [0.25, 0.3) is 22.2 Å². The van der Waals surface area contributed by atoms with E-state index in [2.05, 4.69) is 25.6 Å². The van der Waals surface area contributed by atoms with Crippen LogP contribution in [-0.4, -0.2) is 61.3 Å². The minimum Gasteiger partial charge on any atom is -0.609 e. The molecule has 5 rings (SSSR count). The lowest BCUT2D eigenvalue weighted by Gasteiger charge is -2.13. The number of benzene rings is 3. The summed E-state index contributed by atoms with van der Waals surface area (Å²) in [4.78, 5) is 39.7. The normalized spacial score (nSPS) is 12.1. The van der Waals surface area contributed by atoms with Crippen molar-refractivity contribution in [3.63, 3.8) is 0 Å². The standard InChI is InChI=1S/C30H30FN7O3S/c1-18-5-10-22(16-25(18)33-21-11-12-24-23(15-21)29(40)38(4)17-32-24)34-28(39)27-26(19-6-8-20(31)9-7-19)35-30(36-27)42(41)14-13-37(2)3/h5-12,15-17,33H,13-14H2,1-4H3,(H,34,39)(H,35,36). The smallest absolute Gasteiger partial charge is 0.321 e. The Morgan fingerprint density at radius 3 is 2.57 bits per heavy atom. The Labute approximate surface area is 244 Å². The van der Waals surface area contributed by atoms with Crippen molar-refractivity contribution < 1.29 is 13.7 Å². The number of aryl methyl sites for hydroxylation is 2. The number of carbonyl (C=O) groups excluding carboxylic acids is 1. The van der Waals surface area contributed by atoms with Gasteiger partial charge < -0.3 is 24.7 Å². The molecule has 42 heavy (non-hydrogen) atoms. The van der Waals surface area contributed by atoms with Crippen LogP contribution < -0.4 is 16.2 Å². The SMILES string of the molecule is Cc1ccc(NC(=O)c2nc([S+]([O-])CCN(C)C)[nH]c2-c2ccc(F)cc2)cc1Nc1ccc2ncn(C)c(=O)c2c1. The molecule has 5 aromatic rings. The summed E-state index contributed by atoms with van der Waals surface area (Å²) in [6.45, 7) is 2.49. The Bertz CT molecular complexity index is 1820. The molecule has 3 N–H and O–H groups in total. The molecule has 216 valence electrons. The van der Waals surface area contributed by atoms with Crippen molar-refractivity contribution in [2.75, 3.05) is 37.0 Å². The van der Waals surface area contributed by atoms with Crippen LogP contribution in [-0.2, 0) is 18.2 Å². The number of aromatic nitrogens is 4. The van der Waals surface area contributed by atoms with Crippen molar-refractivity contribution in [1.82, 2.24) is 24.4 Å². The highest BCUT2D eigenvalue weighted by Gasteiger charge is 2.25. The largest absolute Gasteiger partial charge is 0.609 e. The minimum atomic E-state index is -1.48. The third kappa shape index (κ3) is 6.35. The number of imidazole rings is 1. The Balaban J connectivity index is 1.42. The quantitative estimate of drug-likeness (QED) is 0.217. The second-order valence-corrected chi connectivity index (χ2v) is 11.6. The molecule has 1 amide bonds. The van der Waals surface area contributed by atoms with E-state index in [-0.39, 0.29) is 16.4 Å². The van der Waals surface area contributed by atoms with Gasteiger partial charge in [0.1, 0.15) is 11.6 Å². The molecule has 0 bridgehead atoms. The van der Waals surface area contributed by atoms with E-state index < -0.39 is 22.9 Å². The highest BCUT2D eigenvalue weighted by Crippen LogP contribution is 2.28. The molecule has 2 aromatic heterocycles. The van der Waals surface area contributed by atoms with Gasteiger partial charge in [-0.05, 0) is 81.2 Å². The highest BCUT2D eigenvalue weighted by atomic mass is 32.2. The summed E-state index contributed by atoms with van der Waals surface area (Å²) >= 11 is -1.48. The van der Waals surface area contributed by atoms with Gasteiger partial charge in [-0.25, -0.2) is 9.37 Å². The molecule has 0 saturated carbocycles. The number of halogens is 1. The van der Waals surface area contributed by atoms with Crippen LogP contribution >= 0.6 is 0 Å². The first kappa shape index (κ1) is 29.0. The summed E-state index contributed by atoms with van der Waals surface area (Å²) in [5, 5.41) is 6.85. The van der Waals surface area contributed by atoms with E-state index in [1.165, 1.54) is 35.2 Å². The third-order valence-corrected chi connectivity index (χ3v) is 7.84. The van der Waals surface area contributed by atoms with Crippen molar-refractivity contribution in [1.29, 1.82) is 0 Å². The van der Waals surface area contributed by atoms with E-state index in [0.717, 1.165) is 11.3 Å². The molecule has 0 radical (unpaired) electrons. The van der Waals surface area contributed by atoms with Gasteiger partial charge in [-0.2, -0.15) is 4.98 Å². The second-order valence-electron chi connectivity index (χ2n) is 10.1. The Morgan fingerprint density at radius 1 is 1.10 bits per heavy atom. The van der Waals surface area contributed by atoms with Gasteiger partial charge in [0, 0.05) is 47.4 Å². The Morgan fingerprint density at radius 2 is 1.83 bits per heavy atom. The van der Waals surface area contributed by atoms with Gasteiger partial charge in [0.2, 0.25) is 0 Å². The minimum absolute atomic E-state index is 0.0442. The molecule has 0 aliphatic heterocycles. The zero-order valence-electron chi connectivity index (χ0n) is 23.6. The fourth-order valence-electron chi connectivity index (χ4n) is 4.28. The Hall–Kier alpha value is -4.52. The monoisotopic (exact) mass is 587 g/mol. The molecule has 0 aliphatic rings. The first-order chi connectivity index (χ1) is 20.1. The van der Waals surface area contributed by atoms with E-state index in [1.807, 2.05) is 38.1 Å². The maximum atomic E-state index is 13.6. The number of nitrogens with zero attached hydrogens (tertiary/aromatic N) is 4. The number of hydrogen-bond donors (Lipinski definition) is 3. The molecule has 1 unspecified atom stereocenters. The van der Waals surface area contributed by atoms with Crippen molar-refractivity contribution in [3.8, 4) is 11.3 Å². The fourth-order valence-corrected chi connectivity index (χ4v) is 5.41. The third-order valence-electron chi connectivity index (χ3n) is 6.66. The van der Waals surface area contributed by atoms with Gasteiger partial charge in [-0.15, -0.1) is 0 Å². The van der Waals surface area contributed by atoms with Crippen molar-refractivity contribution in [3.05, 3.63) is 94.4 Å². The zero-order valence-corrected chi connectivity index (χ0v) is 24.4. The van der Waals surface area contributed by atoms with Crippen LogP contribution in [0.15, 0.2) is 76.9 Å². The van der Waals surface area contributed by atoms with Gasteiger partial charge in [0.15, 0.2) is 5.69 Å². The molecule has 10 nitrogen and oxygen atoms in total. The lowest BCUT2D eigenvalue weighted by molar-refractivity contribution is 0.102. The number of aromatic amines is 1. The number of amides is 1. The van der Waals surface area contributed by atoms with Crippen LogP contribution in [0.2, 0.25) is 0 Å². The number of carbonyl (C=O) groups is 1. The average molecular weight is 588 g/mol. The van der Waals surface area contributed by atoms with Crippen LogP contribution in [0.4, 0.5) is 21.5 Å². The molecule has 0 saturated heterocycles. The van der Waals surface area contributed by atoms with Crippen LogP contribution in [0.1, 0.15) is 16.1 Å². The number of nitrogens with one attached hydrogen (secondary N) is 3. The first-order valence-electron chi connectivity index (χ1n) is 13.1. The summed E-state index contributed by atoms with van der Waals surface area (Å²) in [6, 6.07) is 16.4. The van der Waals surface area contributed by atoms with Crippen molar-refractivity contribution in [2.45, 2.75) is 12.1 Å². The van der Waals surface area contributed by atoms with Crippen LogP contribution in [0.3, 0.4) is 0 Å². The Kier molecular flexibility index (Phi) is 8.39. The predicted molar refractivity (Wildman–Crippen MR) is 163 cm³/mol. The molecule has 0 fully saturated rings. The van der Waals surface area contributed by atoms with Crippen LogP contribution in [0, 0.1) is 12.7 Å². The maximum Gasteiger partial charge on any atom is 0.321 e. The summed E-state index contributed by atoms with van der Waals surface area (Å²) in [6.07, 6.45) is 1.49. The molecular formula is C30H30FN7O3S. The number of anilines is 3. The number of H-pyrrole nitrogens is 1. The summed E-state index contributed by atoms with van der Waals surface area (Å²) in [5.41, 5.74) is 4.19. The average Bonchev–Trinajstić information content (AvgIpc) is 3.42. The fraction of sp³-hybridized carbons (Fsp3) is 0.200. The van der Waals surface area contributed by atoms with Gasteiger partial charge in [-0.3, -0.25) is 14.6 Å². The molecule has 12 heteroatoms. The molecule has 2 heterocycles. The van der Waals surface area contributed by atoms with E-state index in [9.17, 15) is 18.5 Å². The van der Waals surface area contributed by atoms with Gasteiger partial charge >= 0.3 is 5.16 Å². The molecule has 0 spiro atoms. The van der Waals surface area contributed by atoms with Crippen LogP contribution in [0.5, 0.6) is 0 Å². The summed E-state index contributed by atoms with van der Waals surface area (Å²) in [5.74, 6) is -0.604. The number of rotatable bonds is 9. The van der Waals surface area contributed by atoms with E-state index in [4.69, 9.17) is 0 Å². The molecule has 0 aliphatic carbocycles. The lowest BCUT2D eigenvalue weighted by Crippen LogP contribution is -2.22. The van der Waals surface area contributed by atoms with E-state index in [0.29, 0.717) is 45.8 Å². The molecule has 3 aromatic carbocycles. The predicted octanol–water partition coefficient (Wildman–Crippen LogP) is 4.44. The number of hydrogen-bond acceptors (Lipinski definition) is 7. The van der Waals surface area contributed by atoms with Gasteiger partial charge in [0.25, 0.3) is 11.5 Å². The van der Waals surface area contributed by atoms with E-state index in [1.54, 1.807) is 31.3 Å². The highest BCUT2D eigenvalue weighted by molar-refractivity contribution is 7.91. The molecule has 1 atom stereocenters. The molecular weight excluding hydrogens is 557 g/mol. The van der Waals surface area contributed by atoms with Gasteiger partial charge in [0.05, 0.1) is 22.9 Å². The van der Waals surface area contributed by atoms with E-state index >= 15 is 0 Å². The second kappa shape index (κ2) is 12.1. The number of fused-ring (bicyclic) bond motifs is 1. The van der Waals surface area contributed by atoms with Crippen molar-refractivity contribution in [2.24, 2.45) is 7.05 Å². The topological polar surface area (TPSA) is 131 Å². The van der Waals surface area contributed by atoms with Crippen molar-refractivity contribution >= 4 is 45.0 Å². The zero-order chi connectivity index (χ0) is 30.0. The summed E-state index contributed by atoms with van der Waals surface area (Å²) < 4.78 is 28.0. The first-order valence-corrected chi connectivity index (χ1v) is 14.4. The maximum absolute atomic E-state index is 13.6. The summed E-state index contributed by atoms with van der Waals surface area (Å²) in [7, 11) is 5.41.